The fraction of sp³-hybridized carbons (Fsp3) is 0.400. The Balaban J connectivity index is 1.63. The number of halogens is 3. The number of ether oxygens (including phenoxy) is 1. The largest absolute Gasteiger partial charge is 0.490 e. The van der Waals surface area contributed by atoms with Gasteiger partial charge in [-0.25, -0.2) is 0 Å². The van der Waals surface area contributed by atoms with Crippen LogP contribution in [0.3, 0.4) is 0 Å². The van der Waals surface area contributed by atoms with Gasteiger partial charge < -0.3 is 10.1 Å². The Morgan fingerprint density at radius 1 is 0.920 bits per heavy atom. The molecule has 3 atom stereocenters. The van der Waals surface area contributed by atoms with Crippen LogP contribution in [0.1, 0.15) is 31.2 Å². The molecule has 2 aromatic carbocycles. The van der Waals surface area contributed by atoms with Crippen molar-refractivity contribution in [1.82, 2.24) is 5.32 Å². The van der Waals surface area contributed by atoms with Crippen LogP contribution in [0.2, 0.25) is 0 Å². The van der Waals surface area contributed by atoms with Gasteiger partial charge in [0.2, 0.25) is 0 Å². The van der Waals surface area contributed by atoms with Crippen LogP contribution in [0.5, 0.6) is 5.75 Å². The van der Waals surface area contributed by atoms with Crippen molar-refractivity contribution in [1.29, 1.82) is 0 Å². The molecule has 2 bridgehead atoms. The van der Waals surface area contributed by atoms with Gasteiger partial charge in [0.25, 0.3) is 0 Å². The van der Waals surface area contributed by atoms with Crippen molar-refractivity contribution in [3.05, 3.63) is 54.1 Å². The van der Waals surface area contributed by atoms with Crippen molar-refractivity contribution in [3.8, 4) is 16.9 Å². The number of nitrogens with one attached hydrogen (secondary N) is 1. The van der Waals surface area contributed by atoms with E-state index in [0.29, 0.717) is 23.4 Å². The highest BCUT2D eigenvalue weighted by Gasteiger charge is 2.36. The van der Waals surface area contributed by atoms with Gasteiger partial charge >= 0.3 is 6.18 Å². The topological polar surface area (TPSA) is 21.3 Å². The molecule has 2 aliphatic rings. The summed E-state index contributed by atoms with van der Waals surface area (Å²) in [6.07, 6.45) is -0.174. The summed E-state index contributed by atoms with van der Waals surface area (Å²) in [6.45, 7) is 0. The summed E-state index contributed by atoms with van der Waals surface area (Å²) in [5.41, 5.74) is 0.0876. The van der Waals surface area contributed by atoms with Crippen molar-refractivity contribution >= 4 is 0 Å². The number of hydrogen-bond donors (Lipinski definition) is 1. The summed E-state index contributed by atoms with van der Waals surface area (Å²) in [7, 11) is 0. The maximum atomic E-state index is 13.4. The minimum Gasteiger partial charge on any atom is -0.490 e. The number of rotatable bonds is 3. The van der Waals surface area contributed by atoms with Gasteiger partial charge in [0.1, 0.15) is 11.9 Å². The number of fused-ring (bicyclic) bond motifs is 2. The standard InChI is InChI=1S/C20H20F3NO/c21-20(22,23)19-9-8-16(12-18(19)13-4-2-1-3-5-13)25-17-10-14-6-7-15(11-17)24-14/h1-5,8-9,12,14-15,17,24H,6-7,10-11H2/t14-,15+,17-. The van der Waals surface area contributed by atoms with Gasteiger partial charge in [-0.05, 0) is 55.0 Å². The molecule has 2 nitrogen and oxygen atoms in total. The van der Waals surface area contributed by atoms with E-state index >= 15 is 0 Å². The van der Waals surface area contributed by atoms with Crippen LogP contribution in [-0.4, -0.2) is 18.2 Å². The molecule has 2 saturated heterocycles. The Labute approximate surface area is 145 Å². The number of hydrogen-bond acceptors (Lipinski definition) is 2. The van der Waals surface area contributed by atoms with Crippen LogP contribution < -0.4 is 10.1 Å². The quantitative estimate of drug-likeness (QED) is 0.840. The van der Waals surface area contributed by atoms with Gasteiger partial charge in [0.05, 0.1) is 5.56 Å². The molecule has 4 rings (SSSR count). The highest BCUT2D eigenvalue weighted by molar-refractivity contribution is 5.69. The first kappa shape index (κ1) is 16.5. The monoisotopic (exact) mass is 347 g/mol. The Bertz CT molecular complexity index is 732. The third-order valence-corrected chi connectivity index (χ3v) is 5.11. The zero-order valence-corrected chi connectivity index (χ0v) is 13.7. The Hall–Kier alpha value is -2.01. The van der Waals surface area contributed by atoms with Gasteiger partial charge in [0, 0.05) is 12.1 Å². The summed E-state index contributed by atoms with van der Waals surface area (Å²) in [5.74, 6) is 0.512. The van der Waals surface area contributed by atoms with Crippen LogP contribution in [0.4, 0.5) is 13.2 Å². The predicted octanol–water partition coefficient (Wildman–Crippen LogP) is 5.03. The molecule has 2 aromatic rings. The normalized spacial score (nSPS) is 25.8. The van der Waals surface area contributed by atoms with Crippen molar-refractivity contribution in [2.24, 2.45) is 0 Å². The van der Waals surface area contributed by atoms with E-state index in [1.807, 2.05) is 0 Å². The highest BCUT2D eigenvalue weighted by Crippen LogP contribution is 2.39. The lowest BCUT2D eigenvalue weighted by Gasteiger charge is -2.29. The molecule has 2 heterocycles. The van der Waals surface area contributed by atoms with E-state index in [-0.39, 0.29) is 11.7 Å². The molecule has 132 valence electrons. The lowest BCUT2D eigenvalue weighted by molar-refractivity contribution is -0.137. The third-order valence-electron chi connectivity index (χ3n) is 5.11. The fourth-order valence-electron chi connectivity index (χ4n) is 3.99. The van der Waals surface area contributed by atoms with E-state index in [1.54, 1.807) is 30.3 Å². The lowest BCUT2D eigenvalue weighted by atomic mass is 9.98. The first-order chi connectivity index (χ1) is 12.0. The molecule has 1 N–H and O–H groups in total. The maximum absolute atomic E-state index is 13.4. The van der Waals surface area contributed by atoms with E-state index in [9.17, 15) is 13.2 Å². The molecule has 0 spiro atoms. The minimum absolute atomic E-state index is 0.0686. The van der Waals surface area contributed by atoms with Crippen LogP contribution >= 0.6 is 0 Å². The van der Waals surface area contributed by atoms with Crippen molar-refractivity contribution in [2.45, 2.75) is 50.0 Å². The molecule has 2 aliphatic heterocycles. The molecule has 0 unspecified atom stereocenters. The maximum Gasteiger partial charge on any atom is 0.417 e. The second-order valence-corrected chi connectivity index (χ2v) is 6.92. The molecule has 0 saturated carbocycles. The van der Waals surface area contributed by atoms with Crippen molar-refractivity contribution in [2.75, 3.05) is 0 Å². The van der Waals surface area contributed by atoms with Gasteiger partial charge in [-0.15, -0.1) is 0 Å². The minimum atomic E-state index is -4.39. The van der Waals surface area contributed by atoms with E-state index in [4.69, 9.17) is 4.74 Å². The van der Waals surface area contributed by atoms with Crippen LogP contribution in [0, 0.1) is 0 Å². The Morgan fingerprint density at radius 3 is 2.24 bits per heavy atom. The van der Waals surface area contributed by atoms with E-state index < -0.39 is 11.7 Å². The molecule has 25 heavy (non-hydrogen) atoms. The zero-order chi connectivity index (χ0) is 17.4. The fourth-order valence-corrected chi connectivity index (χ4v) is 3.99. The first-order valence-electron chi connectivity index (χ1n) is 8.68. The van der Waals surface area contributed by atoms with Crippen LogP contribution in [0.15, 0.2) is 48.5 Å². The van der Waals surface area contributed by atoms with Crippen LogP contribution in [0.25, 0.3) is 11.1 Å². The summed E-state index contributed by atoms with van der Waals surface area (Å²) >= 11 is 0. The molecular formula is C20H20F3NO. The van der Waals surface area contributed by atoms with Gasteiger partial charge in [-0.2, -0.15) is 13.2 Å². The van der Waals surface area contributed by atoms with Gasteiger partial charge in [0.15, 0.2) is 0 Å². The van der Waals surface area contributed by atoms with E-state index in [0.717, 1.165) is 31.7 Å². The Morgan fingerprint density at radius 2 is 1.60 bits per heavy atom. The van der Waals surface area contributed by atoms with Crippen molar-refractivity contribution < 1.29 is 17.9 Å². The number of piperidine rings is 1. The number of benzene rings is 2. The zero-order valence-electron chi connectivity index (χ0n) is 13.7. The summed E-state index contributed by atoms with van der Waals surface area (Å²) in [5, 5.41) is 3.54. The third kappa shape index (κ3) is 3.52. The summed E-state index contributed by atoms with van der Waals surface area (Å²) < 4.78 is 46.2. The average Bonchev–Trinajstić information content (AvgIpc) is 2.93. The summed E-state index contributed by atoms with van der Waals surface area (Å²) in [6, 6.07) is 13.7. The second-order valence-electron chi connectivity index (χ2n) is 6.92. The summed E-state index contributed by atoms with van der Waals surface area (Å²) in [4.78, 5) is 0. The smallest absolute Gasteiger partial charge is 0.417 e. The second kappa shape index (κ2) is 6.37. The lowest BCUT2D eigenvalue weighted by Crippen LogP contribution is -2.42. The van der Waals surface area contributed by atoms with Gasteiger partial charge in [-0.3, -0.25) is 0 Å². The highest BCUT2D eigenvalue weighted by atomic mass is 19.4. The molecular weight excluding hydrogens is 327 g/mol. The molecule has 0 aliphatic carbocycles. The molecule has 0 amide bonds. The first-order valence-corrected chi connectivity index (χ1v) is 8.68. The van der Waals surface area contributed by atoms with Crippen molar-refractivity contribution in [3.63, 3.8) is 0 Å². The van der Waals surface area contributed by atoms with Crippen LogP contribution in [-0.2, 0) is 6.18 Å². The SMILES string of the molecule is FC(F)(F)c1ccc(O[C@@H]2C[C@H]3CC[C@@H](C2)N3)cc1-c1ccccc1. The predicted molar refractivity (Wildman–Crippen MR) is 90.5 cm³/mol. The molecule has 2 fully saturated rings. The van der Waals surface area contributed by atoms with Gasteiger partial charge in [-0.1, -0.05) is 30.3 Å². The molecule has 5 heteroatoms. The van der Waals surface area contributed by atoms with E-state index in [1.165, 1.54) is 12.1 Å². The molecule has 0 aromatic heterocycles. The van der Waals surface area contributed by atoms with E-state index in [2.05, 4.69) is 5.32 Å². The average molecular weight is 347 g/mol. The number of alkyl halides is 3. The molecule has 0 radical (unpaired) electrons. The Kier molecular flexibility index (Phi) is 4.20.